The Morgan fingerprint density at radius 2 is 1.76 bits per heavy atom. The van der Waals surface area contributed by atoms with Gasteiger partial charge in [0.15, 0.2) is 0 Å². The Bertz CT molecular complexity index is 670. The predicted octanol–water partition coefficient (Wildman–Crippen LogP) is 3.77. The molecule has 5 rings (SSSR count). The van der Waals surface area contributed by atoms with Crippen LogP contribution in [0.25, 0.3) is 0 Å². The molecule has 2 aliphatic heterocycles. The largest absolute Gasteiger partial charge is 0.472 e. The second kappa shape index (κ2) is 8.81. The maximum Gasteiger partial charge on any atom is 0.223 e. The van der Waals surface area contributed by atoms with E-state index in [1.54, 1.807) is 6.26 Å². The summed E-state index contributed by atoms with van der Waals surface area (Å²) in [5.74, 6) is 2.83. The van der Waals surface area contributed by atoms with Gasteiger partial charge in [-0.1, -0.05) is 32.1 Å². The summed E-state index contributed by atoms with van der Waals surface area (Å²) in [6.07, 6.45) is 16.4. The van der Waals surface area contributed by atoms with Crippen molar-refractivity contribution in [3.05, 3.63) is 24.2 Å². The van der Waals surface area contributed by atoms with Crippen molar-refractivity contribution < 1.29 is 9.21 Å². The van der Waals surface area contributed by atoms with Crippen molar-refractivity contribution in [2.75, 3.05) is 13.1 Å². The molecule has 0 aromatic carbocycles. The minimum atomic E-state index is 0.218. The lowest BCUT2D eigenvalue weighted by atomic mass is 9.67. The molecule has 4 fully saturated rings. The molecular weight excluding hydrogens is 362 g/mol. The van der Waals surface area contributed by atoms with Crippen LogP contribution in [0.5, 0.6) is 0 Å². The van der Waals surface area contributed by atoms with Gasteiger partial charge in [-0.25, -0.2) is 0 Å². The zero-order chi connectivity index (χ0) is 19.6. The van der Waals surface area contributed by atoms with Gasteiger partial charge in [0.05, 0.1) is 18.7 Å². The van der Waals surface area contributed by atoms with Crippen LogP contribution in [0.4, 0.5) is 0 Å². The third-order valence-corrected chi connectivity index (χ3v) is 8.36. The van der Waals surface area contributed by atoms with E-state index < -0.39 is 0 Å². The first-order chi connectivity index (χ1) is 14.3. The molecule has 2 aliphatic carbocycles. The van der Waals surface area contributed by atoms with Gasteiger partial charge in [-0.2, -0.15) is 0 Å². The molecule has 6 atom stereocenters. The zero-order valence-electron chi connectivity index (χ0n) is 17.6. The highest BCUT2D eigenvalue weighted by molar-refractivity contribution is 5.79. The lowest BCUT2D eigenvalue weighted by Gasteiger charge is -2.43. The van der Waals surface area contributed by atoms with Crippen molar-refractivity contribution in [2.45, 2.75) is 82.3 Å². The summed E-state index contributed by atoms with van der Waals surface area (Å²) in [5, 5.41) is 10.9. The molecule has 2 saturated heterocycles. The fraction of sp³-hybridized carbons (Fsp3) is 0.792. The third-order valence-electron chi connectivity index (χ3n) is 8.36. The topological polar surface area (TPSA) is 66.3 Å². The van der Waals surface area contributed by atoms with Crippen molar-refractivity contribution >= 4 is 5.91 Å². The smallest absolute Gasteiger partial charge is 0.223 e. The van der Waals surface area contributed by atoms with Crippen LogP contribution in [0, 0.1) is 23.7 Å². The molecule has 5 heteroatoms. The van der Waals surface area contributed by atoms with Crippen LogP contribution in [0.15, 0.2) is 23.0 Å². The fourth-order valence-electron chi connectivity index (χ4n) is 6.81. The molecule has 6 unspecified atom stereocenters. The maximum atomic E-state index is 13.2. The van der Waals surface area contributed by atoms with E-state index in [9.17, 15) is 4.79 Å². The predicted molar refractivity (Wildman–Crippen MR) is 113 cm³/mol. The highest BCUT2D eigenvalue weighted by Gasteiger charge is 2.45. The number of carbonyl (C=O) groups excluding carboxylic acids is 1. The summed E-state index contributed by atoms with van der Waals surface area (Å²) < 4.78 is 5.37. The van der Waals surface area contributed by atoms with Crippen LogP contribution in [0.2, 0.25) is 0 Å². The number of furan rings is 1. The molecule has 29 heavy (non-hydrogen) atoms. The first-order valence-electron chi connectivity index (χ1n) is 12.1. The first-order valence-corrected chi connectivity index (χ1v) is 12.1. The highest BCUT2D eigenvalue weighted by Crippen LogP contribution is 2.44. The molecule has 0 bridgehead atoms. The third kappa shape index (κ3) is 4.13. The quantitative estimate of drug-likeness (QED) is 0.721. The molecule has 0 radical (unpaired) electrons. The van der Waals surface area contributed by atoms with Crippen molar-refractivity contribution in [1.82, 2.24) is 16.0 Å². The van der Waals surface area contributed by atoms with Gasteiger partial charge >= 0.3 is 0 Å². The van der Waals surface area contributed by atoms with E-state index in [1.165, 1.54) is 63.4 Å². The first kappa shape index (κ1) is 19.6. The molecule has 0 spiro atoms. The van der Waals surface area contributed by atoms with Crippen LogP contribution in [-0.2, 0) is 4.79 Å². The number of amides is 1. The van der Waals surface area contributed by atoms with Gasteiger partial charge < -0.3 is 20.4 Å². The molecule has 1 aromatic heterocycles. The minimum absolute atomic E-state index is 0.218. The summed E-state index contributed by atoms with van der Waals surface area (Å²) in [6.45, 7) is 2.06. The molecule has 2 saturated carbocycles. The molecule has 1 aromatic rings. The minimum Gasteiger partial charge on any atom is -0.472 e. The molecule has 3 N–H and O–H groups in total. The van der Waals surface area contributed by atoms with Crippen molar-refractivity contribution in [1.29, 1.82) is 0 Å². The maximum absolute atomic E-state index is 13.2. The van der Waals surface area contributed by atoms with Crippen LogP contribution in [0.1, 0.15) is 75.7 Å². The zero-order valence-corrected chi connectivity index (χ0v) is 17.6. The molecule has 3 heterocycles. The normalized spacial score (nSPS) is 38.5. The molecule has 160 valence electrons. The number of carbonyl (C=O) groups is 1. The van der Waals surface area contributed by atoms with Gasteiger partial charge in [0, 0.05) is 24.4 Å². The lowest BCUT2D eigenvalue weighted by molar-refractivity contribution is -0.130. The van der Waals surface area contributed by atoms with Gasteiger partial charge in [0.25, 0.3) is 0 Å². The van der Waals surface area contributed by atoms with Gasteiger partial charge in [-0.15, -0.1) is 0 Å². The second-order valence-electron chi connectivity index (χ2n) is 10.0. The Labute approximate surface area is 174 Å². The van der Waals surface area contributed by atoms with E-state index in [1.807, 2.05) is 6.26 Å². The SMILES string of the molecule is O=C(NC1CCCCC1)C1CCCCC1C1CNC2NCC(c3ccoc3)C2C1. The van der Waals surface area contributed by atoms with Crippen LogP contribution >= 0.6 is 0 Å². The van der Waals surface area contributed by atoms with Gasteiger partial charge in [-0.05, 0) is 68.0 Å². The second-order valence-corrected chi connectivity index (χ2v) is 10.0. The molecular formula is C24H37N3O2. The van der Waals surface area contributed by atoms with Crippen molar-refractivity contribution in [3.8, 4) is 0 Å². The Morgan fingerprint density at radius 3 is 2.59 bits per heavy atom. The Balaban J connectivity index is 1.26. The summed E-state index contributed by atoms with van der Waals surface area (Å²) in [6, 6.07) is 2.55. The van der Waals surface area contributed by atoms with E-state index in [2.05, 4.69) is 22.0 Å². The standard InChI is InChI=1S/C24H37N3O2/c28-24(27-18-6-2-1-3-7-18)20-9-5-4-8-19(20)17-12-21-22(16-10-11-29-15-16)14-26-23(21)25-13-17/h10-11,15,17-23,25-26H,1-9,12-14H2,(H,27,28). The molecule has 5 nitrogen and oxygen atoms in total. The Morgan fingerprint density at radius 1 is 0.966 bits per heavy atom. The van der Waals surface area contributed by atoms with E-state index >= 15 is 0 Å². The Hall–Kier alpha value is -1.33. The summed E-state index contributed by atoms with van der Waals surface area (Å²) in [4.78, 5) is 13.2. The summed E-state index contributed by atoms with van der Waals surface area (Å²) in [7, 11) is 0. The number of nitrogens with one attached hydrogen (secondary N) is 3. The van der Waals surface area contributed by atoms with Gasteiger partial charge in [0.1, 0.15) is 0 Å². The van der Waals surface area contributed by atoms with E-state index in [-0.39, 0.29) is 5.92 Å². The van der Waals surface area contributed by atoms with E-state index in [0.717, 1.165) is 19.5 Å². The number of piperidine rings is 1. The summed E-state index contributed by atoms with van der Waals surface area (Å²) in [5.41, 5.74) is 1.32. The fourth-order valence-corrected chi connectivity index (χ4v) is 6.81. The van der Waals surface area contributed by atoms with Crippen LogP contribution in [-0.4, -0.2) is 31.2 Å². The number of hydrogen-bond acceptors (Lipinski definition) is 4. The molecule has 1 amide bonds. The lowest BCUT2D eigenvalue weighted by Crippen LogP contribution is -2.53. The van der Waals surface area contributed by atoms with Crippen molar-refractivity contribution in [3.63, 3.8) is 0 Å². The average molecular weight is 400 g/mol. The average Bonchev–Trinajstić information content (AvgIpc) is 3.43. The Kier molecular flexibility index (Phi) is 5.96. The van der Waals surface area contributed by atoms with E-state index in [4.69, 9.17) is 4.42 Å². The van der Waals surface area contributed by atoms with Crippen LogP contribution < -0.4 is 16.0 Å². The highest BCUT2D eigenvalue weighted by atomic mass is 16.3. The van der Waals surface area contributed by atoms with Crippen molar-refractivity contribution in [2.24, 2.45) is 23.7 Å². The number of hydrogen-bond donors (Lipinski definition) is 3. The molecule has 4 aliphatic rings. The monoisotopic (exact) mass is 399 g/mol. The number of fused-ring (bicyclic) bond motifs is 1. The van der Waals surface area contributed by atoms with Gasteiger partial charge in [-0.3, -0.25) is 4.79 Å². The number of rotatable bonds is 4. The van der Waals surface area contributed by atoms with Crippen LogP contribution in [0.3, 0.4) is 0 Å². The van der Waals surface area contributed by atoms with E-state index in [0.29, 0.717) is 41.8 Å². The van der Waals surface area contributed by atoms with Gasteiger partial charge in [0.2, 0.25) is 5.91 Å². The summed E-state index contributed by atoms with van der Waals surface area (Å²) >= 11 is 0.